The van der Waals surface area contributed by atoms with Crippen LogP contribution in [0.2, 0.25) is 0 Å². The average Bonchev–Trinajstić information content (AvgIpc) is 2.97. The van der Waals surface area contributed by atoms with Crippen LogP contribution in [0, 0.1) is 23.2 Å². The Bertz CT molecular complexity index is 707. The maximum atomic E-state index is 10.1. The molecule has 1 saturated carbocycles. The minimum absolute atomic E-state index is 0.252. The third kappa shape index (κ3) is 2.43. The van der Waals surface area contributed by atoms with Crippen molar-refractivity contribution in [1.29, 1.82) is 0 Å². The number of aryl methyl sites for hydroxylation is 1. The highest BCUT2D eigenvalue weighted by molar-refractivity contribution is 5.49. The molecule has 3 nitrogen and oxygen atoms in total. The van der Waals surface area contributed by atoms with Crippen LogP contribution in [0.1, 0.15) is 56.6 Å². The van der Waals surface area contributed by atoms with Crippen LogP contribution in [0.4, 0.5) is 0 Å². The minimum atomic E-state index is 0.252. The number of rotatable bonds is 3. The Morgan fingerprint density at radius 2 is 2.12 bits per heavy atom. The highest BCUT2D eigenvalue weighted by Crippen LogP contribution is 2.62. The number of ether oxygens (including phenoxy) is 1. The van der Waals surface area contributed by atoms with Crippen molar-refractivity contribution in [2.45, 2.75) is 51.9 Å². The topological polar surface area (TPSA) is 49.7 Å². The SMILES string of the molecule is COc1cc2c(cc1O)CCC1C2CC[C@]2(C)C([C@H](C)CO)=CCC12. The van der Waals surface area contributed by atoms with E-state index in [1.165, 1.54) is 36.0 Å². The van der Waals surface area contributed by atoms with E-state index in [1.807, 2.05) is 6.07 Å². The van der Waals surface area contributed by atoms with Gasteiger partial charge in [-0.3, -0.25) is 0 Å². The fraction of sp³-hybridized carbons (Fsp3) is 0.636. The number of aliphatic hydroxyl groups is 1. The van der Waals surface area contributed by atoms with E-state index in [4.69, 9.17) is 4.74 Å². The summed E-state index contributed by atoms with van der Waals surface area (Å²) in [4.78, 5) is 0. The molecule has 0 amide bonds. The smallest absolute Gasteiger partial charge is 0.160 e. The Kier molecular flexibility index (Phi) is 4.10. The lowest BCUT2D eigenvalue weighted by molar-refractivity contribution is 0.0654. The molecule has 2 N–H and O–H groups in total. The maximum Gasteiger partial charge on any atom is 0.160 e. The van der Waals surface area contributed by atoms with Crippen molar-refractivity contribution < 1.29 is 14.9 Å². The molecule has 136 valence electrons. The third-order valence-corrected chi connectivity index (χ3v) is 7.47. The highest BCUT2D eigenvalue weighted by atomic mass is 16.5. The molecule has 4 rings (SSSR count). The number of fused-ring (bicyclic) bond motifs is 5. The van der Waals surface area contributed by atoms with Gasteiger partial charge in [0.15, 0.2) is 11.5 Å². The summed E-state index contributed by atoms with van der Waals surface area (Å²) >= 11 is 0. The van der Waals surface area contributed by atoms with Gasteiger partial charge in [0.2, 0.25) is 0 Å². The molecule has 0 spiro atoms. The standard InChI is InChI=1S/C22H30O3/c1-13(12-23)18-6-7-19-16-5-4-14-10-20(24)21(25-3)11-17(14)15(16)8-9-22(18,19)2/h6,10-11,13,15-16,19,23-24H,4-5,7-9,12H2,1-3H3/t13-,15?,16?,19?,22-/m1/s1. The van der Waals surface area contributed by atoms with Gasteiger partial charge in [-0.05, 0) is 78.5 Å². The van der Waals surface area contributed by atoms with Crippen LogP contribution < -0.4 is 4.74 Å². The molecule has 1 fully saturated rings. The molecule has 0 bridgehead atoms. The van der Waals surface area contributed by atoms with E-state index in [9.17, 15) is 10.2 Å². The molecule has 3 heteroatoms. The van der Waals surface area contributed by atoms with Gasteiger partial charge >= 0.3 is 0 Å². The van der Waals surface area contributed by atoms with Gasteiger partial charge in [0, 0.05) is 12.5 Å². The van der Waals surface area contributed by atoms with Crippen molar-refractivity contribution in [3.63, 3.8) is 0 Å². The molecule has 0 saturated heterocycles. The Morgan fingerprint density at radius 3 is 2.84 bits per heavy atom. The number of aromatic hydroxyl groups is 1. The van der Waals surface area contributed by atoms with Gasteiger partial charge in [-0.2, -0.15) is 0 Å². The van der Waals surface area contributed by atoms with Gasteiger partial charge in [-0.1, -0.05) is 25.5 Å². The van der Waals surface area contributed by atoms with Crippen molar-refractivity contribution in [3.8, 4) is 11.5 Å². The lowest BCUT2D eigenvalue weighted by Gasteiger charge is -2.51. The molecular formula is C22H30O3. The number of phenols is 1. The normalized spacial score (nSPS) is 34.6. The van der Waals surface area contributed by atoms with E-state index >= 15 is 0 Å². The molecule has 1 aromatic carbocycles. The second-order valence-corrected chi connectivity index (χ2v) is 8.57. The zero-order valence-corrected chi connectivity index (χ0v) is 15.6. The average molecular weight is 342 g/mol. The summed E-state index contributed by atoms with van der Waals surface area (Å²) in [7, 11) is 1.63. The molecule has 3 aliphatic carbocycles. The zero-order valence-electron chi connectivity index (χ0n) is 15.6. The van der Waals surface area contributed by atoms with Crippen LogP contribution in [-0.2, 0) is 6.42 Å². The quantitative estimate of drug-likeness (QED) is 0.799. The molecule has 0 aromatic heterocycles. The predicted molar refractivity (Wildman–Crippen MR) is 99.0 cm³/mol. The van der Waals surface area contributed by atoms with E-state index in [0.29, 0.717) is 23.5 Å². The molecule has 3 aliphatic rings. The Balaban J connectivity index is 1.67. The van der Waals surface area contributed by atoms with E-state index in [2.05, 4.69) is 26.0 Å². The number of hydrogen-bond donors (Lipinski definition) is 2. The van der Waals surface area contributed by atoms with E-state index < -0.39 is 0 Å². The van der Waals surface area contributed by atoms with Gasteiger partial charge in [-0.25, -0.2) is 0 Å². The summed E-state index contributed by atoms with van der Waals surface area (Å²) in [6, 6.07) is 4.01. The van der Waals surface area contributed by atoms with Crippen LogP contribution in [0.25, 0.3) is 0 Å². The summed E-state index contributed by atoms with van der Waals surface area (Å²) in [5.41, 5.74) is 4.45. The summed E-state index contributed by atoms with van der Waals surface area (Å²) in [5, 5.41) is 19.8. The second kappa shape index (κ2) is 6.05. The summed E-state index contributed by atoms with van der Waals surface area (Å²) in [5.74, 6) is 3.10. The van der Waals surface area contributed by atoms with Crippen molar-refractivity contribution in [2.75, 3.05) is 13.7 Å². The molecule has 0 radical (unpaired) electrons. The van der Waals surface area contributed by atoms with Gasteiger partial charge in [0.1, 0.15) is 0 Å². The van der Waals surface area contributed by atoms with E-state index in [0.717, 1.165) is 12.8 Å². The molecule has 3 unspecified atom stereocenters. The molecule has 5 atom stereocenters. The number of methoxy groups -OCH3 is 1. The fourth-order valence-electron chi connectivity index (χ4n) is 6.21. The van der Waals surface area contributed by atoms with E-state index in [-0.39, 0.29) is 23.7 Å². The monoisotopic (exact) mass is 342 g/mol. The first-order chi connectivity index (χ1) is 12.0. The zero-order chi connectivity index (χ0) is 17.8. The summed E-state index contributed by atoms with van der Waals surface area (Å²) in [6.45, 7) is 4.85. The van der Waals surface area contributed by atoms with Crippen LogP contribution in [0.5, 0.6) is 11.5 Å². The lowest BCUT2D eigenvalue weighted by atomic mass is 9.53. The molecule has 0 heterocycles. The van der Waals surface area contributed by atoms with Crippen molar-refractivity contribution >= 4 is 0 Å². The molecular weight excluding hydrogens is 312 g/mol. The number of phenolic OH excluding ortho intramolecular Hbond substituents is 1. The summed E-state index contributed by atoms with van der Waals surface area (Å²) < 4.78 is 5.37. The van der Waals surface area contributed by atoms with Gasteiger partial charge in [0.05, 0.1) is 7.11 Å². The van der Waals surface area contributed by atoms with Crippen LogP contribution in [-0.4, -0.2) is 23.9 Å². The largest absolute Gasteiger partial charge is 0.504 e. The maximum absolute atomic E-state index is 10.1. The number of allylic oxidation sites excluding steroid dienone is 1. The predicted octanol–water partition coefficient (Wildman–Crippen LogP) is 4.42. The highest BCUT2D eigenvalue weighted by Gasteiger charge is 2.52. The van der Waals surface area contributed by atoms with Gasteiger partial charge < -0.3 is 14.9 Å². The first-order valence-electron chi connectivity index (χ1n) is 9.70. The first kappa shape index (κ1) is 17.0. The minimum Gasteiger partial charge on any atom is -0.504 e. The van der Waals surface area contributed by atoms with Crippen LogP contribution in [0.15, 0.2) is 23.8 Å². The molecule has 1 aromatic rings. The third-order valence-electron chi connectivity index (χ3n) is 7.47. The second-order valence-electron chi connectivity index (χ2n) is 8.57. The lowest BCUT2D eigenvalue weighted by Crippen LogP contribution is -2.42. The van der Waals surface area contributed by atoms with Crippen LogP contribution >= 0.6 is 0 Å². The molecule has 25 heavy (non-hydrogen) atoms. The van der Waals surface area contributed by atoms with Gasteiger partial charge in [0.25, 0.3) is 0 Å². The first-order valence-corrected chi connectivity index (χ1v) is 9.70. The van der Waals surface area contributed by atoms with Crippen LogP contribution in [0.3, 0.4) is 0 Å². The van der Waals surface area contributed by atoms with E-state index in [1.54, 1.807) is 7.11 Å². The number of hydrogen-bond acceptors (Lipinski definition) is 3. The number of benzene rings is 1. The van der Waals surface area contributed by atoms with Gasteiger partial charge in [-0.15, -0.1) is 0 Å². The van der Waals surface area contributed by atoms with Crippen molar-refractivity contribution in [1.82, 2.24) is 0 Å². The fourth-order valence-corrected chi connectivity index (χ4v) is 6.21. The molecule has 0 aliphatic heterocycles. The Morgan fingerprint density at radius 1 is 1.32 bits per heavy atom. The Labute approximate surface area is 150 Å². The van der Waals surface area contributed by atoms with Crippen molar-refractivity contribution in [3.05, 3.63) is 34.9 Å². The summed E-state index contributed by atoms with van der Waals surface area (Å²) in [6.07, 6.45) is 8.22. The van der Waals surface area contributed by atoms with Crippen molar-refractivity contribution in [2.24, 2.45) is 23.2 Å². The Hall–Kier alpha value is -1.48. The number of aliphatic hydroxyl groups excluding tert-OH is 1.